The van der Waals surface area contributed by atoms with Crippen LogP contribution in [0, 0.1) is 0 Å². The average Bonchev–Trinajstić information content (AvgIpc) is 3.03. The molecule has 4 unspecified atom stereocenters. The van der Waals surface area contributed by atoms with Crippen LogP contribution >= 0.6 is 23.4 Å². The summed E-state index contributed by atoms with van der Waals surface area (Å²) in [5.74, 6) is -0.480. The third kappa shape index (κ3) is 3.09. The van der Waals surface area contributed by atoms with Crippen molar-refractivity contribution in [2.24, 2.45) is 5.73 Å². The second kappa shape index (κ2) is 7.43. The molecule has 2 aromatic carbocycles. The molecule has 0 aromatic heterocycles. The van der Waals surface area contributed by atoms with Crippen LogP contribution < -0.4 is 5.73 Å². The van der Waals surface area contributed by atoms with Gasteiger partial charge in [-0.05, 0) is 18.1 Å². The van der Waals surface area contributed by atoms with Gasteiger partial charge in [0.05, 0.1) is 4.75 Å². The number of benzene rings is 2. The van der Waals surface area contributed by atoms with Crippen LogP contribution in [0.15, 0.2) is 60.7 Å². The summed E-state index contributed by atoms with van der Waals surface area (Å²) in [7, 11) is 0. The van der Waals surface area contributed by atoms with Crippen LogP contribution in [0.2, 0.25) is 0 Å². The number of rotatable bonds is 5. The number of carbonyl (C=O) groups is 2. The molecule has 2 aliphatic heterocycles. The minimum atomic E-state index is -0.762. The number of alkyl halides is 1. The number of thioether (sulfide) groups is 1. The van der Waals surface area contributed by atoms with Crippen LogP contribution in [0.5, 0.6) is 0 Å². The molecule has 2 fully saturated rings. The van der Waals surface area contributed by atoms with Crippen molar-refractivity contribution in [3.8, 4) is 0 Å². The molecule has 5 nitrogen and oxygen atoms in total. The number of fused-ring (bicyclic) bond motifs is 1. The lowest BCUT2D eigenvalue weighted by Crippen LogP contribution is -2.69. The summed E-state index contributed by atoms with van der Waals surface area (Å²) in [4.78, 5) is 27.1. The summed E-state index contributed by atoms with van der Waals surface area (Å²) in [6.45, 7) is 1.88. The normalized spacial score (nSPS) is 28.8. The third-order valence-corrected chi connectivity index (χ3v) is 7.68. The predicted molar refractivity (Wildman–Crippen MR) is 110 cm³/mol. The highest BCUT2D eigenvalue weighted by Crippen LogP contribution is 2.51. The van der Waals surface area contributed by atoms with Gasteiger partial charge in [0.25, 0.3) is 0 Å². The van der Waals surface area contributed by atoms with Gasteiger partial charge in [-0.2, -0.15) is 0 Å². The van der Waals surface area contributed by atoms with Crippen molar-refractivity contribution >= 4 is 35.2 Å². The molecule has 7 heteroatoms. The summed E-state index contributed by atoms with van der Waals surface area (Å²) >= 11 is 7.68. The van der Waals surface area contributed by atoms with Crippen LogP contribution in [-0.4, -0.2) is 44.9 Å². The number of β-lactam (4-membered cyclic amide) rings is 1. The van der Waals surface area contributed by atoms with Crippen molar-refractivity contribution in [2.45, 2.75) is 35.2 Å². The van der Waals surface area contributed by atoms with Crippen molar-refractivity contribution in [1.82, 2.24) is 4.90 Å². The van der Waals surface area contributed by atoms with Crippen molar-refractivity contribution in [3.05, 3.63) is 71.8 Å². The third-order valence-electron chi connectivity index (χ3n) is 5.29. The van der Waals surface area contributed by atoms with E-state index in [9.17, 15) is 9.59 Å². The quantitative estimate of drug-likeness (QED) is 0.461. The molecule has 2 heterocycles. The maximum Gasteiger partial charge on any atom is 0.331 e. The Labute approximate surface area is 173 Å². The number of hydrogen-bond acceptors (Lipinski definition) is 5. The van der Waals surface area contributed by atoms with Crippen LogP contribution in [0.25, 0.3) is 0 Å². The lowest BCUT2D eigenvalue weighted by atomic mass is 9.95. The van der Waals surface area contributed by atoms with E-state index < -0.39 is 28.9 Å². The van der Waals surface area contributed by atoms with Gasteiger partial charge < -0.3 is 15.4 Å². The first-order valence-corrected chi connectivity index (χ1v) is 10.5. The summed E-state index contributed by atoms with van der Waals surface area (Å²) < 4.78 is 5.35. The van der Waals surface area contributed by atoms with E-state index >= 15 is 0 Å². The SMILES string of the molecule is CC1(CCl)SC2C(N)C(=O)N2C1C(=O)OC(c1ccccc1)c1ccccc1. The Hall–Kier alpha value is -2.02. The highest BCUT2D eigenvalue weighted by atomic mass is 35.5. The molecular weight excluding hydrogens is 396 g/mol. The first-order valence-electron chi connectivity index (χ1n) is 9.08. The predicted octanol–water partition coefficient (Wildman–Crippen LogP) is 2.93. The summed E-state index contributed by atoms with van der Waals surface area (Å²) in [5, 5.41) is -0.235. The van der Waals surface area contributed by atoms with Gasteiger partial charge in [-0.3, -0.25) is 4.79 Å². The molecule has 28 heavy (non-hydrogen) atoms. The smallest absolute Gasteiger partial charge is 0.331 e. The van der Waals surface area contributed by atoms with E-state index in [2.05, 4.69) is 0 Å². The number of hydrogen-bond donors (Lipinski definition) is 1. The molecule has 2 saturated heterocycles. The number of esters is 1. The number of nitrogens with zero attached hydrogens (tertiary/aromatic N) is 1. The van der Waals surface area contributed by atoms with Gasteiger partial charge in [-0.1, -0.05) is 60.7 Å². The van der Waals surface area contributed by atoms with Crippen LogP contribution in [0.1, 0.15) is 24.2 Å². The van der Waals surface area contributed by atoms with Crippen LogP contribution in [-0.2, 0) is 14.3 Å². The summed E-state index contributed by atoms with van der Waals surface area (Å²) in [5.41, 5.74) is 7.65. The molecule has 2 aliphatic rings. The summed E-state index contributed by atoms with van der Waals surface area (Å²) in [6, 6.07) is 17.8. The first kappa shape index (κ1) is 19.3. The lowest BCUT2D eigenvalue weighted by Gasteiger charge is -2.42. The Kier molecular flexibility index (Phi) is 5.12. The zero-order chi connectivity index (χ0) is 19.9. The fourth-order valence-electron chi connectivity index (χ4n) is 3.78. The monoisotopic (exact) mass is 416 g/mol. The van der Waals surface area contributed by atoms with Gasteiger partial charge in [0, 0.05) is 5.88 Å². The van der Waals surface area contributed by atoms with Gasteiger partial charge in [-0.15, -0.1) is 23.4 Å². The van der Waals surface area contributed by atoms with E-state index in [1.165, 1.54) is 16.7 Å². The molecule has 0 saturated carbocycles. The molecule has 146 valence electrons. The summed E-state index contributed by atoms with van der Waals surface area (Å²) in [6.07, 6.45) is -0.566. The fraction of sp³-hybridized carbons (Fsp3) is 0.333. The van der Waals surface area contributed by atoms with Gasteiger partial charge in [0.15, 0.2) is 6.10 Å². The number of ether oxygens (including phenoxy) is 1. The molecule has 0 spiro atoms. The minimum absolute atomic E-state index is 0.214. The zero-order valence-corrected chi connectivity index (χ0v) is 16.9. The second-order valence-electron chi connectivity index (χ2n) is 7.27. The van der Waals surface area contributed by atoms with Gasteiger partial charge in [-0.25, -0.2) is 4.79 Å². The molecule has 4 rings (SSSR count). The van der Waals surface area contributed by atoms with Crippen molar-refractivity contribution < 1.29 is 14.3 Å². The fourth-order valence-corrected chi connectivity index (χ4v) is 5.67. The topological polar surface area (TPSA) is 72.6 Å². The maximum atomic E-state index is 13.3. The molecule has 2 N–H and O–H groups in total. The van der Waals surface area contributed by atoms with Gasteiger partial charge in [0.2, 0.25) is 5.91 Å². The number of nitrogens with two attached hydrogens (primary N) is 1. The molecule has 0 bridgehead atoms. The maximum absolute atomic E-state index is 13.3. The van der Waals surface area contributed by atoms with Crippen LogP contribution in [0.3, 0.4) is 0 Å². The Morgan fingerprint density at radius 1 is 1.18 bits per heavy atom. The molecular formula is C21H21ClN2O3S. The Balaban J connectivity index is 1.65. The first-order chi connectivity index (χ1) is 13.5. The Bertz CT molecular complexity index is 842. The molecule has 4 atom stereocenters. The molecule has 0 aliphatic carbocycles. The Morgan fingerprint density at radius 2 is 1.71 bits per heavy atom. The zero-order valence-electron chi connectivity index (χ0n) is 15.3. The Morgan fingerprint density at radius 3 is 2.21 bits per heavy atom. The molecule has 1 amide bonds. The van der Waals surface area contributed by atoms with E-state index in [0.717, 1.165) is 11.1 Å². The molecule has 2 aromatic rings. The lowest BCUT2D eigenvalue weighted by molar-refractivity contribution is -0.165. The number of amides is 1. The van der Waals surface area contributed by atoms with Crippen LogP contribution in [0.4, 0.5) is 0 Å². The highest BCUT2D eigenvalue weighted by molar-refractivity contribution is 8.01. The average molecular weight is 417 g/mol. The van der Waals surface area contributed by atoms with Crippen molar-refractivity contribution in [1.29, 1.82) is 0 Å². The minimum Gasteiger partial charge on any atom is -0.451 e. The standard InChI is InChI=1S/C21H21ClN2O3S/c1-21(12-22)17(24-18(25)15(23)19(24)28-21)20(26)27-16(13-8-4-2-5-9-13)14-10-6-3-7-11-14/h2-11,15-17,19H,12,23H2,1H3. The van der Waals surface area contributed by atoms with E-state index in [0.29, 0.717) is 0 Å². The van der Waals surface area contributed by atoms with Crippen molar-refractivity contribution in [2.75, 3.05) is 5.88 Å². The van der Waals surface area contributed by atoms with Gasteiger partial charge in [0.1, 0.15) is 17.5 Å². The highest BCUT2D eigenvalue weighted by Gasteiger charge is 2.64. The number of halogens is 1. The van der Waals surface area contributed by atoms with E-state index in [4.69, 9.17) is 22.1 Å². The largest absolute Gasteiger partial charge is 0.451 e. The second-order valence-corrected chi connectivity index (χ2v) is 9.19. The van der Waals surface area contributed by atoms with Gasteiger partial charge >= 0.3 is 5.97 Å². The van der Waals surface area contributed by atoms with E-state index in [-0.39, 0.29) is 17.2 Å². The number of carbonyl (C=O) groups excluding carboxylic acids is 2. The molecule has 0 radical (unpaired) electrons. The van der Waals surface area contributed by atoms with E-state index in [1.807, 2.05) is 67.6 Å². The van der Waals surface area contributed by atoms with E-state index in [1.54, 1.807) is 0 Å². The van der Waals surface area contributed by atoms with Crippen molar-refractivity contribution in [3.63, 3.8) is 0 Å².